The Labute approximate surface area is 213 Å². The molecule has 4 rings (SSSR count). The maximum atomic E-state index is 15.4. The largest absolute Gasteiger partial charge is 0.446 e. The first-order valence-electron chi connectivity index (χ1n) is 10.9. The van der Waals surface area contributed by atoms with Crippen molar-refractivity contribution < 1.29 is 70.3 Å². The van der Waals surface area contributed by atoms with Crippen LogP contribution in [-0.2, 0) is 0 Å². The van der Waals surface area contributed by atoms with E-state index >= 15 is 26.3 Å². The Morgan fingerprint density at radius 3 is 0.825 bits per heavy atom. The average Bonchev–Trinajstić information content (AvgIpc) is 3.36. The second kappa shape index (κ2) is 9.76. The number of nitrogens with zero attached hydrogens (tertiary/aromatic N) is 1. The molecule has 1 aliphatic heterocycles. The Morgan fingerprint density at radius 1 is 0.400 bits per heavy atom. The third kappa shape index (κ3) is 3.65. The van der Waals surface area contributed by atoms with Crippen LogP contribution in [-0.4, -0.2) is 23.0 Å². The van der Waals surface area contributed by atoms with Gasteiger partial charge >= 0.3 is 6.28 Å². The summed E-state index contributed by atoms with van der Waals surface area (Å²) >= 11 is 0. The van der Waals surface area contributed by atoms with Crippen LogP contribution in [0.5, 0.6) is 0 Å². The summed E-state index contributed by atoms with van der Waals surface area (Å²) in [5.41, 5.74) is -8.34. The third-order valence-corrected chi connectivity index (χ3v) is 6.88. The molecular formula is C23H9BF15N. The lowest BCUT2D eigenvalue weighted by atomic mass is 9.23. The summed E-state index contributed by atoms with van der Waals surface area (Å²) in [6.07, 6.45) is -6.31. The quantitative estimate of drug-likeness (QED) is 0.173. The molecule has 17 heteroatoms. The lowest BCUT2D eigenvalue weighted by molar-refractivity contribution is -0.383. The molecule has 214 valence electrons. The van der Waals surface area contributed by atoms with Gasteiger partial charge < -0.3 is 4.49 Å². The van der Waals surface area contributed by atoms with Gasteiger partial charge in [-0.25, -0.2) is 65.9 Å². The summed E-state index contributed by atoms with van der Waals surface area (Å²) < 4.78 is 221. The standard InChI is InChI=1S/C23H9BF15N/c1-5-3-2-4-40(5)24(6-9(25)15(31)21(37)16(32)10(6)26,7-11(27)17(33)22(38)18(34)12(7)28)8-13(29)19(35)23(39)20(36)14(8)30/h2-4H2,1H3. The molecule has 1 nitrogen and oxygen atoms in total. The lowest BCUT2D eigenvalue weighted by Crippen LogP contribution is -2.79. The summed E-state index contributed by atoms with van der Waals surface area (Å²) in [5, 5.41) is 0. The molecule has 0 spiro atoms. The van der Waals surface area contributed by atoms with E-state index in [0.29, 0.717) is 0 Å². The fraction of sp³-hybridized carbons (Fsp3) is 0.174. The van der Waals surface area contributed by atoms with Gasteiger partial charge in [-0.15, -0.1) is 0 Å². The molecule has 40 heavy (non-hydrogen) atoms. The van der Waals surface area contributed by atoms with E-state index in [1.165, 1.54) is 0 Å². The molecule has 0 unspecified atom stereocenters. The molecular weight excluding hydrogens is 586 g/mol. The predicted octanol–water partition coefficient (Wildman–Crippen LogP) is 5.01. The van der Waals surface area contributed by atoms with Crippen LogP contribution >= 0.6 is 0 Å². The van der Waals surface area contributed by atoms with Crippen molar-refractivity contribution >= 4 is 28.4 Å². The maximum absolute atomic E-state index is 15.4. The van der Waals surface area contributed by atoms with Crippen molar-refractivity contribution in [3.05, 3.63) is 87.3 Å². The van der Waals surface area contributed by atoms with E-state index < -0.39 is 122 Å². The highest BCUT2D eigenvalue weighted by molar-refractivity contribution is 7.06. The fourth-order valence-electron chi connectivity index (χ4n) is 5.23. The van der Waals surface area contributed by atoms with Gasteiger partial charge in [-0.2, -0.15) is 0 Å². The van der Waals surface area contributed by atoms with Crippen molar-refractivity contribution in [3.63, 3.8) is 0 Å². The average molecular weight is 595 g/mol. The van der Waals surface area contributed by atoms with Crippen molar-refractivity contribution in [3.8, 4) is 0 Å². The van der Waals surface area contributed by atoms with Crippen molar-refractivity contribution in [1.82, 2.24) is 0 Å². The first kappa shape index (κ1) is 29.3. The van der Waals surface area contributed by atoms with E-state index in [-0.39, 0.29) is 17.3 Å². The zero-order valence-corrected chi connectivity index (χ0v) is 19.3. The zero-order chi connectivity index (χ0) is 30.2. The minimum atomic E-state index is -5.67. The highest BCUT2D eigenvalue weighted by atomic mass is 19.2. The molecule has 0 aromatic heterocycles. The monoisotopic (exact) mass is 595 g/mol. The van der Waals surface area contributed by atoms with Gasteiger partial charge in [0.1, 0.15) is 34.9 Å². The van der Waals surface area contributed by atoms with E-state index in [4.69, 9.17) is 0 Å². The van der Waals surface area contributed by atoms with Crippen molar-refractivity contribution in [2.75, 3.05) is 6.54 Å². The van der Waals surface area contributed by atoms with Crippen molar-refractivity contribution in [2.24, 2.45) is 0 Å². The molecule has 3 aromatic rings. The second-order valence-electron chi connectivity index (χ2n) is 8.80. The van der Waals surface area contributed by atoms with E-state index in [9.17, 15) is 39.5 Å². The molecule has 0 atom stereocenters. The Balaban J connectivity index is 2.54. The molecule has 0 saturated carbocycles. The topological polar surface area (TPSA) is 3.01 Å². The molecule has 3 aromatic carbocycles. The van der Waals surface area contributed by atoms with Crippen LogP contribution in [0.3, 0.4) is 0 Å². The Hall–Kier alpha value is -3.66. The van der Waals surface area contributed by atoms with Crippen LogP contribution in [0.25, 0.3) is 0 Å². The number of halogens is 15. The van der Waals surface area contributed by atoms with Crippen LogP contribution in [0.1, 0.15) is 19.8 Å². The van der Waals surface area contributed by atoms with E-state index in [2.05, 4.69) is 0 Å². The van der Waals surface area contributed by atoms with Gasteiger partial charge in [-0.1, -0.05) is 0 Å². The summed E-state index contributed by atoms with van der Waals surface area (Å²) in [5.74, 6) is -45.0. The van der Waals surface area contributed by atoms with E-state index in [1.54, 1.807) is 0 Å². The van der Waals surface area contributed by atoms with Gasteiger partial charge in [-0.3, -0.25) is 0 Å². The Bertz CT molecular complexity index is 1390. The molecule has 1 aliphatic rings. The van der Waals surface area contributed by atoms with Gasteiger partial charge in [0.25, 0.3) is 0 Å². The van der Waals surface area contributed by atoms with Gasteiger partial charge in [0.05, 0.1) is 12.3 Å². The van der Waals surface area contributed by atoms with Crippen LogP contribution < -0.4 is 16.4 Å². The van der Waals surface area contributed by atoms with Crippen LogP contribution in [0.2, 0.25) is 0 Å². The van der Waals surface area contributed by atoms with Crippen LogP contribution in [0.15, 0.2) is 0 Å². The molecule has 0 N–H and O–H groups in total. The summed E-state index contributed by atoms with van der Waals surface area (Å²) in [6.45, 7) is -0.0159. The highest BCUT2D eigenvalue weighted by Crippen LogP contribution is 2.30. The number of hydrogen-bond acceptors (Lipinski definition) is 0. The minimum Gasteiger partial charge on any atom is -0.446 e. The lowest BCUT2D eigenvalue weighted by Gasteiger charge is -2.40. The summed E-state index contributed by atoms with van der Waals surface area (Å²) in [6, 6.07) is 0. The second-order valence-corrected chi connectivity index (χ2v) is 8.80. The molecule has 0 fully saturated rings. The molecule has 0 radical (unpaired) electrons. The summed E-state index contributed by atoms with van der Waals surface area (Å²) in [4.78, 5) is 0. The van der Waals surface area contributed by atoms with Crippen molar-refractivity contribution in [1.29, 1.82) is 0 Å². The minimum absolute atomic E-state index is 0.106. The molecule has 1 heterocycles. The van der Waals surface area contributed by atoms with Crippen molar-refractivity contribution in [2.45, 2.75) is 19.8 Å². The van der Waals surface area contributed by atoms with Crippen LogP contribution in [0, 0.1) is 87.3 Å². The normalized spacial score (nSPS) is 14.1. The van der Waals surface area contributed by atoms with Gasteiger partial charge in [-0.05, 0) is 16.4 Å². The first-order chi connectivity index (χ1) is 18.5. The molecule has 0 aliphatic carbocycles. The molecule has 0 amide bonds. The maximum Gasteiger partial charge on any atom is 0.372 e. The fourth-order valence-corrected chi connectivity index (χ4v) is 5.23. The van der Waals surface area contributed by atoms with Gasteiger partial charge in [0, 0.05) is 19.8 Å². The SMILES string of the molecule is CC1=[N+]([B-](c2c(F)c(F)c(F)c(F)c2F)(c2c(F)c(F)c(F)c(F)c2F)c2c(F)c(F)c(F)c(F)c2F)CCC1. The first-order valence-corrected chi connectivity index (χ1v) is 10.9. The third-order valence-electron chi connectivity index (χ3n) is 6.88. The number of benzene rings is 3. The number of rotatable bonds is 4. The van der Waals surface area contributed by atoms with Gasteiger partial charge in [0.2, 0.25) is 0 Å². The van der Waals surface area contributed by atoms with Gasteiger partial charge in [0.15, 0.2) is 52.4 Å². The molecule has 0 bridgehead atoms. The Kier molecular flexibility index (Phi) is 7.16. The zero-order valence-electron chi connectivity index (χ0n) is 19.3. The van der Waals surface area contributed by atoms with E-state index in [0.717, 1.165) is 6.92 Å². The Morgan fingerprint density at radius 2 is 0.625 bits per heavy atom. The van der Waals surface area contributed by atoms with E-state index in [1.807, 2.05) is 0 Å². The predicted molar refractivity (Wildman–Crippen MR) is 108 cm³/mol. The number of hydrogen-bond donors (Lipinski definition) is 0. The van der Waals surface area contributed by atoms with Crippen LogP contribution in [0.4, 0.5) is 65.9 Å². The molecule has 0 saturated heterocycles. The highest BCUT2D eigenvalue weighted by Gasteiger charge is 2.58. The smallest absolute Gasteiger partial charge is 0.372 e. The summed E-state index contributed by atoms with van der Waals surface area (Å²) in [7, 11) is 0.